The summed E-state index contributed by atoms with van der Waals surface area (Å²) >= 11 is 0. The van der Waals surface area contributed by atoms with Crippen molar-refractivity contribution in [2.45, 2.75) is 116 Å². The van der Waals surface area contributed by atoms with E-state index in [1.54, 1.807) is 0 Å². The Bertz CT molecular complexity index is 415. The molecular weight excluding hydrogens is 340 g/mol. The van der Waals surface area contributed by atoms with Gasteiger partial charge in [-0.2, -0.15) is 0 Å². The Morgan fingerprint density at radius 3 is 2.38 bits per heavy atom. The van der Waals surface area contributed by atoms with Gasteiger partial charge in [0.25, 0.3) is 0 Å². The van der Waals surface area contributed by atoms with Gasteiger partial charge < -0.3 is 15.5 Å². The topological polar surface area (TPSA) is 64.3 Å². The maximum absolute atomic E-state index is 12.4. The predicted molar refractivity (Wildman–Crippen MR) is 114 cm³/mol. The van der Waals surface area contributed by atoms with Crippen molar-refractivity contribution in [2.24, 2.45) is 11.7 Å². The molecule has 0 saturated heterocycles. The Morgan fingerprint density at radius 1 is 1.23 bits per heavy atom. The van der Waals surface area contributed by atoms with Crippen molar-refractivity contribution < 1.29 is 9.22 Å². The summed E-state index contributed by atoms with van der Waals surface area (Å²) in [5, 5.41) is 3.16. The number of nitrogens with one attached hydrogen (secondary N) is 1. The normalized spacial score (nSPS) is 19.2. The lowest BCUT2D eigenvalue weighted by Gasteiger charge is -2.41. The fourth-order valence-corrected chi connectivity index (χ4v) is 4.82. The van der Waals surface area contributed by atoms with Gasteiger partial charge in [0.05, 0.1) is 12.5 Å². The van der Waals surface area contributed by atoms with Gasteiger partial charge in [-0.1, -0.05) is 66.2 Å². The van der Waals surface area contributed by atoms with E-state index in [4.69, 9.17) is 10.2 Å². The molecule has 1 aliphatic rings. The van der Waals surface area contributed by atoms with E-state index >= 15 is 0 Å². The second-order valence-corrected chi connectivity index (χ2v) is 14.5. The smallest absolute Gasteiger partial charge is 0.222 e. The first-order chi connectivity index (χ1) is 12.1. The Labute approximate surface area is 163 Å². The number of unbranched alkanes of at least 4 members (excludes halogenated alkanes) is 1. The molecule has 0 aromatic carbocycles. The highest BCUT2D eigenvalue weighted by Gasteiger charge is 2.41. The van der Waals surface area contributed by atoms with Crippen LogP contribution >= 0.6 is 0 Å². The average molecular weight is 385 g/mol. The molecule has 0 unspecified atom stereocenters. The van der Waals surface area contributed by atoms with Crippen LogP contribution in [-0.4, -0.2) is 32.9 Å². The molecule has 0 aromatic rings. The summed E-state index contributed by atoms with van der Waals surface area (Å²) in [6.45, 7) is 14.1. The van der Waals surface area contributed by atoms with Crippen LogP contribution in [-0.2, 0) is 9.22 Å². The second kappa shape index (κ2) is 10.8. The molecule has 26 heavy (non-hydrogen) atoms. The minimum atomic E-state index is -1.96. The minimum Gasteiger partial charge on any atom is -0.412 e. The second-order valence-electron chi connectivity index (χ2n) is 9.73. The fraction of sp³-hybridized carbons (Fsp3) is 0.952. The van der Waals surface area contributed by atoms with Crippen LogP contribution in [0.2, 0.25) is 18.1 Å². The molecule has 154 valence electrons. The number of hydrogen-bond donors (Lipinski definition) is 2. The van der Waals surface area contributed by atoms with E-state index in [9.17, 15) is 4.79 Å². The number of hydrogen-bond acceptors (Lipinski definition) is 3. The average Bonchev–Trinajstić information content (AvgIpc) is 2.54. The maximum Gasteiger partial charge on any atom is 0.222 e. The van der Waals surface area contributed by atoms with Crippen LogP contribution < -0.4 is 11.1 Å². The summed E-state index contributed by atoms with van der Waals surface area (Å²) in [5.74, 6) is 0.786. The first-order valence-corrected chi connectivity index (χ1v) is 13.7. The number of amides is 1. The molecule has 1 rings (SSSR count). The maximum atomic E-state index is 12.4. The molecule has 0 bridgehead atoms. The molecule has 1 aliphatic carbocycles. The van der Waals surface area contributed by atoms with Crippen LogP contribution in [0.3, 0.4) is 0 Å². The van der Waals surface area contributed by atoms with Gasteiger partial charge in [0, 0.05) is 12.6 Å². The zero-order chi connectivity index (χ0) is 19.8. The first kappa shape index (κ1) is 23.6. The lowest BCUT2D eigenvalue weighted by atomic mass is 9.83. The third-order valence-electron chi connectivity index (χ3n) is 6.30. The highest BCUT2D eigenvalue weighted by molar-refractivity contribution is 6.74. The SMILES string of the molecule is CCCCNC(=O)C[C@H](O[Si](C)(C)C(C)(C)C)[C@@H](N)CC1CCCCC1. The number of rotatable bonds is 10. The molecule has 3 N–H and O–H groups in total. The van der Waals surface area contributed by atoms with Crippen LogP contribution in [0.25, 0.3) is 0 Å². The van der Waals surface area contributed by atoms with Gasteiger partial charge in [-0.25, -0.2) is 0 Å². The van der Waals surface area contributed by atoms with Crippen molar-refractivity contribution in [3.8, 4) is 0 Å². The zero-order valence-corrected chi connectivity index (χ0v) is 19.2. The summed E-state index contributed by atoms with van der Waals surface area (Å²) in [5.41, 5.74) is 6.62. The highest BCUT2D eigenvalue weighted by Crippen LogP contribution is 2.38. The van der Waals surface area contributed by atoms with E-state index in [0.29, 0.717) is 12.3 Å². The van der Waals surface area contributed by atoms with Gasteiger partial charge >= 0.3 is 0 Å². The molecular formula is C21H44N2O2Si. The van der Waals surface area contributed by atoms with Gasteiger partial charge in [0.2, 0.25) is 5.91 Å². The molecule has 1 saturated carbocycles. The van der Waals surface area contributed by atoms with E-state index < -0.39 is 8.32 Å². The zero-order valence-electron chi connectivity index (χ0n) is 18.2. The molecule has 1 amide bonds. The van der Waals surface area contributed by atoms with Crippen molar-refractivity contribution in [1.82, 2.24) is 5.32 Å². The van der Waals surface area contributed by atoms with Gasteiger partial charge in [-0.3, -0.25) is 4.79 Å². The van der Waals surface area contributed by atoms with Crippen LogP contribution in [0.15, 0.2) is 0 Å². The van der Waals surface area contributed by atoms with Crippen LogP contribution in [0.4, 0.5) is 0 Å². The van der Waals surface area contributed by atoms with Crippen molar-refractivity contribution in [3.63, 3.8) is 0 Å². The molecule has 2 atom stereocenters. The Balaban J connectivity index is 2.74. The number of nitrogens with two attached hydrogens (primary N) is 1. The standard InChI is InChI=1S/C21H44N2O2Si/c1-7-8-14-23-20(24)16-19(25-26(5,6)21(2,3)4)18(22)15-17-12-10-9-11-13-17/h17-19H,7-16,22H2,1-6H3,(H,23,24)/t18-,19-/m0/s1. The molecule has 1 fully saturated rings. The van der Waals surface area contributed by atoms with Gasteiger partial charge in [0.15, 0.2) is 8.32 Å². The number of carbonyl (C=O) groups excluding carboxylic acids is 1. The van der Waals surface area contributed by atoms with Crippen molar-refractivity contribution in [3.05, 3.63) is 0 Å². The van der Waals surface area contributed by atoms with Gasteiger partial charge in [0.1, 0.15) is 0 Å². The summed E-state index contributed by atoms with van der Waals surface area (Å²) in [4.78, 5) is 12.4. The summed E-state index contributed by atoms with van der Waals surface area (Å²) < 4.78 is 6.64. The Hall–Kier alpha value is -0.393. The van der Waals surface area contributed by atoms with E-state index in [2.05, 4.69) is 46.1 Å². The molecule has 0 radical (unpaired) electrons. The molecule has 0 aromatic heterocycles. The Morgan fingerprint density at radius 2 is 1.85 bits per heavy atom. The predicted octanol–water partition coefficient (Wildman–Crippen LogP) is 4.98. The molecule has 5 heteroatoms. The first-order valence-electron chi connectivity index (χ1n) is 10.8. The fourth-order valence-electron chi connectivity index (χ4n) is 3.45. The molecule has 0 spiro atoms. The van der Waals surface area contributed by atoms with Crippen molar-refractivity contribution in [2.75, 3.05) is 6.54 Å². The quantitative estimate of drug-likeness (QED) is 0.412. The summed E-state index contributed by atoms with van der Waals surface area (Å²) in [6, 6.07) is -0.0517. The van der Waals surface area contributed by atoms with E-state index in [1.807, 2.05) is 0 Å². The third kappa shape index (κ3) is 8.09. The van der Waals surface area contributed by atoms with E-state index in [1.165, 1.54) is 32.1 Å². The lowest BCUT2D eigenvalue weighted by Crippen LogP contribution is -2.51. The minimum absolute atomic E-state index is 0.0517. The molecule has 4 nitrogen and oxygen atoms in total. The van der Waals surface area contributed by atoms with E-state index in [-0.39, 0.29) is 23.1 Å². The van der Waals surface area contributed by atoms with Crippen LogP contribution in [0.1, 0.15) is 85.5 Å². The molecule has 0 aliphatic heterocycles. The monoisotopic (exact) mass is 384 g/mol. The van der Waals surface area contributed by atoms with Crippen LogP contribution in [0.5, 0.6) is 0 Å². The largest absolute Gasteiger partial charge is 0.412 e. The van der Waals surface area contributed by atoms with Crippen molar-refractivity contribution >= 4 is 14.2 Å². The lowest BCUT2D eigenvalue weighted by molar-refractivity contribution is -0.123. The Kier molecular flexibility index (Phi) is 9.84. The summed E-state index contributed by atoms with van der Waals surface area (Å²) in [7, 11) is -1.96. The third-order valence-corrected chi connectivity index (χ3v) is 10.8. The highest BCUT2D eigenvalue weighted by atomic mass is 28.4. The number of carbonyl (C=O) groups is 1. The summed E-state index contributed by atoms with van der Waals surface area (Å²) in [6.07, 6.45) is 9.89. The molecule has 0 heterocycles. The van der Waals surface area contributed by atoms with E-state index in [0.717, 1.165) is 25.8 Å². The van der Waals surface area contributed by atoms with Crippen molar-refractivity contribution in [1.29, 1.82) is 0 Å². The van der Waals surface area contributed by atoms with Crippen LogP contribution in [0, 0.1) is 5.92 Å². The van der Waals surface area contributed by atoms with Gasteiger partial charge in [-0.15, -0.1) is 0 Å². The van der Waals surface area contributed by atoms with Gasteiger partial charge in [-0.05, 0) is 36.9 Å².